The summed E-state index contributed by atoms with van der Waals surface area (Å²) in [6.45, 7) is 2.07. The third kappa shape index (κ3) is 3.33. The highest BCUT2D eigenvalue weighted by Gasteiger charge is 2.25. The number of hydrogen-bond acceptors (Lipinski definition) is 4. The van der Waals surface area contributed by atoms with Crippen molar-refractivity contribution in [3.63, 3.8) is 0 Å². The molecule has 1 aromatic heterocycles. The molecule has 0 atom stereocenters. The largest absolute Gasteiger partial charge is 0.301 e. The van der Waals surface area contributed by atoms with E-state index in [1.807, 2.05) is 6.08 Å². The van der Waals surface area contributed by atoms with Gasteiger partial charge in [0, 0.05) is 9.75 Å². The monoisotopic (exact) mass is 306 g/mol. The Morgan fingerprint density at radius 2 is 2.10 bits per heavy atom. The Morgan fingerprint density at radius 3 is 2.80 bits per heavy atom. The van der Waals surface area contributed by atoms with Gasteiger partial charge in [-0.05, 0) is 49.7 Å². The van der Waals surface area contributed by atoms with Crippen LogP contribution in [0, 0.1) is 6.92 Å². The fourth-order valence-corrected chi connectivity index (χ4v) is 4.30. The first-order valence-corrected chi connectivity index (χ1v) is 8.69. The number of aryl methyl sites for hydroxylation is 1. The fourth-order valence-electron chi connectivity index (χ4n) is 2.52. The molecule has 1 N–H and O–H groups in total. The number of carbonyl (C=O) groups is 1. The van der Waals surface area contributed by atoms with Gasteiger partial charge in [0.05, 0.1) is 10.9 Å². The van der Waals surface area contributed by atoms with Crippen molar-refractivity contribution in [1.82, 2.24) is 5.32 Å². The number of thioether (sulfide) groups is 1. The van der Waals surface area contributed by atoms with E-state index in [0.29, 0.717) is 6.04 Å². The van der Waals surface area contributed by atoms with Gasteiger partial charge in [0.15, 0.2) is 5.17 Å². The molecular weight excluding hydrogens is 288 g/mol. The third-order valence-corrected chi connectivity index (χ3v) is 5.43. The molecule has 1 saturated heterocycles. The number of amidine groups is 1. The van der Waals surface area contributed by atoms with Gasteiger partial charge in [0.1, 0.15) is 0 Å². The lowest BCUT2D eigenvalue weighted by Crippen LogP contribution is -2.22. The summed E-state index contributed by atoms with van der Waals surface area (Å²) in [5.74, 6) is -0.0180. The van der Waals surface area contributed by atoms with Crippen LogP contribution >= 0.6 is 23.1 Å². The van der Waals surface area contributed by atoms with Crippen molar-refractivity contribution in [3.8, 4) is 0 Å². The second-order valence-electron chi connectivity index (χ2n) is 5.24. The lowest BCUT2D eigenvalue weighted by atomic mass is 9.96. The van der Waals surface area contributed by atoms with E-state index in [0.717, 1.165) is 27.8 Å². The highest BCUT2D eigenvalue weighted by molar-refractivity contribution is 8.18. The van der Waals surface area contributed by atoms with Crippen molar-refractivity contribution in [2.75, 3.05) is 0 Å². The second kappa shape index (κ2) is 6.14. The normalized spacial score (nSPS) is 24.6. The Hall–Kier alpha value is -1.07. The number of thiophene rings is 1. The molecule has 1 aliphatic carbocycles. The van der Waals surface area contributed by atoms with Crippen LogP contribution in [0.4, 0.5) is 0 Å². The van der Waals surface area contributed by atoms with Gasteiger partial charge < -0.3 is 5.32 Å². The van der Waals surface area contributed by atoms with Crippen LogP contribution in [0.3, 0.4) is 0 Å². The van der Waals surface area contributed by atoms with E-state index in [1.165, 1.54) is 35.9 Å². The Morgan fingerprint density at radius 1 is 1.30 bits per heavy atom. The summed E-state index contributed by atoms with van der Waals surface area (Å²) in [5.41, 5.74) is 0. The summed E-state index contributed by atoms with van der Waals surface area (Å²) < 4.78 is 0. The maximum absolute atomic E-state index is 12.0. The number of nitrogens with one attached hydrogen (secondary N) is 1. The molecular formula is C15H18N2OS2. The summed E-state index contributed by atoms with van der Waals surface area (Å²) >= 11 is 3.18. The van der Waals surface area contributed by atoms with Crippen LogP contribution in [-0.2, 0) is 4.79 Å². The third-order valence-electron chi connectivity index (χ3n) is 3.56. The zero-order valence-electron chi connectivity index (χ0n) is 11.5. The van der Waals surface area contributed by atoms with E-state index in [9.17, 15) is 4.79 Å². The second-order valence-corrected chi connectivity index (χ2v) is 7.59. The molecule has 1 aliphatic heterocycles. The molecule has 3 nitrogen and oxygen atoms in total. The van der Waals surface area contributed by atoms with E-state index in [2.05, 4.69) is 24.4 Å². The molecule has 20 heavy (non-hydrogen) atoms. The summed E-state index contributed by atoms with van der Waals surface area (Å²) in [6.07, 6.45) is 8.12. The standard InChI is InChI=1S/C15H18N2OS2/c1-10-7-8-12(19-10)9-13-14(18)17-15(20-13)16-11-5-3-2-4-6-11/h7-9,11H,2-6H2,1H3,(H,16,17,18)/b13-9-. The van der Waals surface area contributed by atoms with Gasteiger partial charge in [-0.3, -0.25) is 9.79 Å². The van der Waals surface area contributed by atoms with Crippen molar-refractivity contribution >= 4 is 40.2 Å². The van der Waals surface area contributed by atoms with Crippen LogP contribution in [-0.4, -0.2) is 17.1 Å². The minimum atomic E-state index is -0.0180. The summed E-state index contributed by atoms with van der Waals surface area (Å²) in [5, 5.41) is 3.67. The topological polar surface area (TPSA) is 41.5 Å². The molecule has 2 fully saturated rings. The van der Waals surface area contributed by atoms with Crippen LogP contribution in [0.25, 0.3) is 6.08 Å². The SMILES string of the molecule is Cc1ccc(/C=C2\SC(=NC3CCCCC3)NC2=O)s1. The van der Waals surface area contributed by atoms with E-state index in [1.54, 1.807) is 11.3 Å². The minimum Gasteiger partial charge on any atom is -0.301 e. The van der Waals surface area contributed by atoms with E-state index in [-0.39, 0.29) is 5.91 Å². The average molecular weight is 306 g/mol. The number of hydrogen-bond donors (Lipinski definition) is 1. The number of aliphatic imine (C=N–C) groups is 1. The van der Waals surface area contributed by atoms with Gasteiger partial charge >= 0.3 is 0 Å². The molecule has 2 aliphatic rings. The van der Waals surface area contributed by atoms with Gasteiger partial charge in [-0.15, -0.1) is 11.3 Å². The molecule has 5 heteroatoms. The van der Waals surface area contributed by atoms with E-state index in [4.69, 9.17) is 4.99 Å². The Bertz CT molecular complexity index is 568. The summed E-state index contributed by atoms with van der Waals surface area (Å²) in [4.78, 5) is 19.8. The molecule has 106 valence electrons. The van der Waals surface area contributed by atoms with E-state index >= 15 is 0 Å². The number of nitrogens with zero attached hydrogens (tertiary/aromatic N) is 1. The maximum atomic E-state index is 12.0. The minimum absolute atomic E-state index is 0.0180. The lowest BCUT2D eigenvalue weighted by Gasteiger charge is -2.17. The van der Waals surface area contributed by atoms with Gasteiger partial charge in [-0.25, -0.2) is 0 Å². The van der Waals surface area contributed by atoms with Crippen molar-refractivity contribution < 1.29 is 4.79 Å². The quantitative estimate of drug-likeness (QED) is 0.841. The predicted molar refractivity (Wildman–Crippen MR) is 87.1 cm³/mol. The number of amides is 1. The van der Waals surface area contributed by atoms with Crippen LogP contribution < -0.4 is 5.32 Å². The fraction of sp³-hybridized carbons (Fsp3) is 0.467. The summed E-state index contributed by atoms with van der Waals surface area (Å²) in [6, 6.07) is 4.53. The first-order chi connectivity index (χ1) is 9.70. The zero-order valence-corrected chi connectivity index (χ0v) is 13.1. The van der Waals surface area contributed by atoms with Gasteiger partial charge in [0.2, 0.25) is 0 Å². The lowest BCUT2D eigenvalue weighted by molar-refractivity contribution is -0.115. The van der Waals surface area contributed by atoms with Crippen molar-refractivity contribution in [1.29, 1.82) is 0 Å². The Kier molecular flexibility index (Phi) is 4.27. The van der Waals surface area contributed by atoms with Gasteiger partial charge in [-0.2, -0.15) is 0 Å². The van der Waals surface area contributed by atoms with Crippen molar-refractivity contribution in [2.45, 2.75) is 45.1 Å². The van der Waals surface area contributed by atoms with Gasteiger partial charge in [0.25, 0.3) is 5.91 Å². The predicted octanol–water partition coefficient (Wildman–Crippen LogP) is 3.95. The molecule has 3 rings (SSSR count). The zero-order chi connectivity index (χ0) is 13.9. The van der Waals surface area contributed by atoms with E-state index < -0.39 is 0 Å². The molecule has 0 bridgehead atoms. The summed E-state index contributed by atoms with van der Waals surface area (Å²) in [7, 11) is 0. The maximum Gasteiger partial charge on any atom is 0.264 e. The highest BCUT2D eigenvalue weighted by atomic mass is 32.2. The Balaban J connectivity index is 1.71. The van der Waals surface area contributed by atoms with Crippen molar-refractivity contribution in [3.05, 3.63) is 26.8 Å². The Labute approximate surface area is 127 Å². The molecule has 0 spiro atoms. The van der Waals surface area contributed by atoms with Crippen LogP contribution in [0.1, 0.15) is 41.9 Å². The molecule has 2 heterocycles. The molecule has 0 aromatic carbocycles. The first-order valence-electron chi connectivity index (χ1n) is 7.06. The van der Waals surface area contributed by atoms with Gasteiger partial charge in [-0.1, -0.05) is 19.3 Å². The first kappa shape index (κ1) is 13.9. The molecule has 1 aromatic rings. The molecule has 1 amide bonds. The van der Waals surface area contributed by atoms with Crippen molar-refractivity contribution in [2.24, 2.45) is 4.99 Å². The molecule has 0 radical (unpaired) electrons. The number of rotatable bonds is 2. The van der Waals surface area contributed by atoms with Crippen LogP contribution in [0.15, 0.2) is 22.0 Å². The molecule has 0 unspecified atom stereocenters. The average Bonchev–Trinajstić information content (AvgIpc) is 2.98. The van der Waals surface area contributed by atoms with Crippen LogP contribution in [0.2, 0.25) is 0 Å². The van der Waals surface area contributed by atoms with Crippen LogP contribution in [0.5, 0.6) is 0 Å². The number of carbonyl (C=O) groups excluding carboxylic acids is 1. The highest BCUT2D eigenvalue weighted by Crippen LogP contribution is 2.30. The smallest absolute Gasteiger partial charge is 0.264 e. The molecule has 1 saturated carbocycles.